The van der Waals surface area contributed by atoms with Gasteiger partial charge >= 0.3 is 0 Å². The molecule has 0 aliphatic heterocycles. The van der Waals surface area contributed by atoms with E-state index in [4.69, 9.17) is 5.73 Å². The van der Waals surface area contributed by atoms with Gasteiger partial charge in [-0.15, -0.1) is 0 Å². The molecular weight excluding hydrogens is 226 g/mol. The van der Waals surface area contributed by atoms with E-state index in [9.17, 15) is 5.11 Å². The molecule has 1 aliphatic rings. The second-order valence-electron chi connectivity index (χ2n) is 5.47. The molecule has 0 amide bonds. The molecule has 0 saturated heterocycles. The van der Waals surface area contributed by atoms with Crippen LogP contribution in [0.3, 0.4) is 0 Å². The van der Waals surface area contributed by atoms with Crippen LogP contribution in [0.15, 0.2) is 12.4 Å². The van der Waals surface area contributed by atoms with Crippen LogP contribution in [0.25, 0.3) is 0 Å². The number of aryl methyl sites for hydroxylation is 2. The van der Waals surface area contributed by atoms with E-state index in [0.29, 0.717) is 12.5 Å². The Hall–Kier alpha value is -0.870. The maximum absolute atomic E-state index is 10.4. The summed E-state index contributed by atoms with van der Waals surface area (Å²) in [7, 11) is 0. The molecule has 1 aromatic rings. The zero-order chi connectivity index (χ0) is 13.0. The average Bonchev–Trinajstić information content (AvgIpc) is 2.95. The quantitative estimate of drug-likeness (QED) is 0.809. The molecule has 102 valence electrons. The Balaban J connectivity index is 1.93. The highest BCUT2D eigenvalue weighted by Gasteiger charge is 2.39. The van der Waals surface area contributed by atoms with Gasteiger partial charge in [-0.25, -0.2) is 4.98 Å². The van der Waals surface area contributed by atoms with Crippen molar-refractivity contribution in [2.24, 2.45) is 11.7 Å². The first-order chi connectivity index (χ1) is 8.69. The lowest BCUT2D eigenvalue weighted by atomic mass is 9.88. The Morgan fingerprint density at radius 2 is 2.44 bits per heavy atom. The number of nitrogens with two attached hydrogens (primary N) is 1. The summed E-state index contributed by atoms with van der Waals surface area (Å²) in [6.07, 6.45) is 10.1. The molecular formula is C14H25N3O. The van der Waals surface area contributed by atoms with Crippen LogP contribution >= 0.6 is 0 Å². The second kappa shape index (κ2) is 5.85. The van der Waals surface area contributed by atoms with Crippen LogP contribution in [-0.4, -0.2) is 26.8 Å². The minimum Gasteiger partial charge on any atom is -0.388 e. The number of aromatic nitrogens is 2. The van der Waals surface area contributed by atoms with Crippen LogP contribution in [0.4, 0.5) is 0 Å². The third kappa shape index (κ3) is 2.75. The summed E-state index contributed by atoms with van der Waals surface area (Å²) in [6, 6.07) is 0. The Bertz CT molecular complexity index is 377. The van der Waals surface area contributed by atoms with E-state index >= 15 is 0 Å². The summed E-state index contributed by atoms with van der Waals surface area (Å²) in [5.41, 5.74) is 5.10. The minimum absolute atomic E-state index is 0.347. The fraction of sp³-hybridized carbons (Fsp3) is 0.786. The van der Waals surface area contributed by atoms with Crippen molar-refractivity contribution in [2.45, 2.75) is 57.6 Å². The lowest BCUT2D eigenvalue weighted by Crippen LogP contribution is -2.41. The topological polar surface area (TPSA) is 64.1 Å². The van der Waals surface area contributed by atoms with E-state index in [1.807, 2.05) is 12.4 Å². The van der Waals surface area contributed by atoms with E-state index < -0.39 is 5.60 Å². The fourth-order valence-corrected chi connectivity index (χ4v) is 3.10. The number of rotatable bonds is 6. The van der Waals surface area contributed by atoms with E-state index in [2.05, 4.69) is 16.5 Å². The number of imidazole rings is 1. The molecule has 1 saturated carbocycles. The van der Waals surface area contributed by atoms with Crippen LogP contribution in [0, 0.1) is 5.92 Å². The van der Waals surface area contributed by atoms with Crippen molar-refractivity contribution < 1.29 is 5.11 Å². The molecule has 2 rings (SSSR count). The Morgan fingerprint density at radius 1 is 1.61 bits per heavy atom. The van der Waals surface area contributed by atoms with E-state index in [1.165, 1.54) is 0 Å². The third-order valence-corrected chi connectivity index (χ3v) is 4.27. The van der Waals surface area contributed by atoms with Gasteiger partial charge in [-0.1, -0.05) is 13.3 Å². The van der Waals surface area contributed by atoms with Crippen molar-refractivity contribution in [1.82, 2.24) is 9.55 Å². The van der Waals surface area contributed by atoms with Gasteiger partial charge in [-0.2, -0.15) is 0 Å². The Labute approximate surface area is 109 Å². The van der Waals surface area contributed by atoms with Gasteiger partial charge in [0.25, 0.3) is 0 Å². The summed E-state index contributed by atoms with van der Waals surface area (Å²) in [5, 5.41) is 10.4. The SMILES string of the molecule is CCCc1nccn1CCC1CCCC1(O)CN. The van der Waals surface area contributed by atoms with Crippen molar-refractivity contribution >= 4 is 0 Å². The molecule has 1 aromatic heterocycles. The second-order valence-corrected chi connectivity index (χ2v) is 5.47. The molecule has 1 heterocycles. The van der Waals surface area contributed by atoms with Crippen LogP contribution in [-0.2, 0) is 13.0 Å². The largest absolute Gasteiger partial charge is 0.388 e. The summed E-state index contributed by atoms with van der Waals surface area (Å²) in [6.45, 7) is 3.51. The normalized spacial score (nSPS) is 27.8. The smallest absolute Gasteiger partial charge is 0.108 e. The molecule has 1 fully saturated rings. The number of aliphatic hydroxyl groups is 1. The lowest BCUT2D eigenvalue weighted by Gasteiger charge is -2.28. The standard InChI is InChI=1S/C14H25N3O/c1-2-4-13-16-8-10-17(13)9-6-12-5-3-7-14(12,18)11-15/h8,10,12,18H,2-7,9,11,15H2,1H3. The first kappa shape index (κ1) is 13.6. The predicted octanol–water partition coefficient (Wildman–Crippen LogP) is 1.72. The van der Waals surface area contributed by atoms with E-state index in [-0.39, 0.29) is 0 Å². The molecule has 2 atom stereocenters. The van der Waals surface area contributed by atoms with Crippen molar-refractivity contribution in [1.29, 1.82) is 0 Å². The summed E-state index contributed by atoms with van der Waals surface area (Å²) in [5.74, 6) is 1.51. The molecule has 0 aromatic carbocycles. The van der Waals surface area contributed by atoms with Crippen molar-refractivity contribution in [3.63, 3.8) is 0 Å². The van der Waals surface area contributed by atoms with Crippen LogP contribution in [0.1, 0.15) is 44.9 Å². The molecule has 2 unspecified atom stereocenters. The van der Waals surface area contributed by atoms with Gasteiger partial charge in [-0.3, -0.25) is 0 Å². The van der Waals surface area contributed by atoms with Gasteiger partial charge in [-0.05, 0) is 31.6 Å². The zero-order valence-corrected chi connectivity index (χ0v) is 11.3. The maximum Gasteiger partial charge on any atom is 0.108 e. The average molecular weight is 251 g/mol. The first-order valence-electron chi connectivity index (χ1n) is 7.12. The van der Waals surface area contributed by atoms with Crippen LogP contribution in [0.5, 0.6) is 0 Å². The Morgan fingerprint density at radius 3 is 3.17 bits per heavy atom. The molecule has 3 N–H and O–H groups in total. The highest BCUT2D eigenvalue weighted by molar-refractivity contribution is 4.95. The van der Waals surface area contributed by atoms with Gasteiger partial charge in [0.2, 0.25) is 0 Å². The number of hydrogen-bond acceptors (Lipinski definition) is 3. The fourth-order valence-electron chi connectivity index (χ4n) is 3.10. The molecule has 0 spiro atoms. The van der Waals surface area contributed by atoms with Crippen molar-refractivity contribution in [2.75, 3.05) is 6.54 Å². The summed E-state index contributed by atoms with van der Waals surface area (Å²) < 4.78 is 2.22. The first-order valence-corrected chi connectivity index (χ1v) is 7.12. The highest BCUT2D eigenvalue weighted by atomic mass is 16.3. The van der Waals surface area contributed by atoms with E-state index in [0.717, 1.165) is 50.9 Å². The molecule has 0 bridgehead atoms. The molecule has 1 aliphatic carbocycles. The predicted molar refractivity (Wildman–Crippen MR) is 72.2 cm³/mol. The number of nitrogens with zero attached hydrogens (tertiary/aromatic N) is 2. The van der Waals surface area contributed by atoms with Crippen molar-refractivity contribution in [3.05, 3.63) is 18.2 Å². The van der Waals surface area contributed by atoms with Gasteiger partial charge in [0.15, 0.2) is 0 Å². The van der Waals surface area contributed by atoms with Crippen molar-refractivity contribution in [3.8, 4) is 0 Å². The zero-order valence-electron chi connectivity index (χ0n) is 11.3. The van der Waals surface area contributed by atoms with Crippen LogP contribution in [0.2, 0.25) is 0 Å². The minimum atomic E-state index is -0.620. The summed E-state index contributed by atoms with van der Waals surface area (Å²) >= 11 is 0. The monoisotopic (exact) mass is 251 g/mol. The van der Waals surface area contributed by atoms with Gasteiger partial charge in [0.1, 0.15) is 5.82 Å². The Kier molecular flexibility index (Phi) is 4.40. The van der Waals surface area contributed by atoms with Gasteiger partial charge in [0.05, 0.1) is 5.60 Å². The molecule has 4 heteroatoms. The summed E-state index contributed by atoms with van der Waals surface area (Å²) in [4.78, 5) is 4.38. The van der Waals surface area contributed by atoms with E-state index in [1.54, 1.807) is 0 Å². The lowest BCUT2D eigenvalue weighted by molar-refractivity contribution is 0.00653. The third-order valence-electron chi connectivity index (χ3n) is 4.27. The van der Waals surface area contributed by atoms with Gasteiger partial charge < -0.3 is 15.4 Å². The maximum atomic E-state index is 10.4. The van der Waals surface area contributed by atoms with Crippen LogP contribution < -0.4 is 5.73 Å². The highest BCUT2D eigenvalue weighted by Crippen LogP contribution is 2.37. The number of hydrogen-bond donors (Lipinski definition) is 2. The molecule has 0 radical (unpaired) electrons. The molecule has 18 heavy (non-hydrogen) atoms. The molecule has 4 nitrogen and oxygen atoms in total. The van der Waals surface area contributed by atoms with Gasteiger partial charge in [0, 0.05) is 31.9 Å².